The third-order valence-corrected chi connectivity index (χ3v) is 4.47. The summed E-state index contributed by atoms with van der Waals surface area (Å²) in [7, 11) is 0. The molecule has 0 radical (unpaired) electrons. The molecule has 2 heterocycles. The predicted octanol–water partition coefficient (Wildman–Crippen LogP) is 2.54. The molecule has 2 aromatic rings. The molecule has 0 saturated heterocycles. The molecule has 0 unspecified atom stereocenters. The van der Waals surface area contributed by atoms with E-state index in [1.165, 1.54) is 0 Å². The van der Waals surface area contributed by atoms with Crippen molar-refractivity contribution in [1.29, 1.82) is 0 Å². The number of imidazole rings is 1. The minimum absolute atomic E-state index is 0.212. The van der Waals surface area contributed by atoms with Gasteiger partial charge < -0.3 is 10.6 Å². The van der Waals surface area contributed by atoms with E-state index in [2.05, 4.69) is 22.5 Å². The number of unbranched alkanes of at least 4 members (excludes halogenated alkanes) is 1. The summed E-state index contributed by atoms with van der Waals surface area (Å²) in [5, 5.41) is 5.91. The smallest absolute Gasteiger partial charge is 0.287 e. The Balaban J connectivity index is 1.85. The lowest BCUT2D eigenvalue weighted by atomic mass is 10.2. The zero-order valence-corrected chi connectivity index (χ0v) is 14.0. The van der Waals surface area contributed by atoms with Gasteiger partial charge in [-0.3, -0.25) is 14.0 Å². The molecule has 0 aliphatic heterocycles. The van der Waals surface area contributed by atoms with Gasteiger partial charge >= 0.3 is 0 Å². The number of carbonyl (C=O) groups is 2. The summed E-state index contributed by atoms with van der Waals surface area (Å²) in [5.74, 6) is -0.166. The average molecular weight is 328 g/mol. The number of hydrogen-bond donors (Lipinski definition) is 2. The van der Waals surface area contributed by atoms with Crippen LogP contribution in [0.25, 0.3) is 5.52 Å². The summed E-state index contributed by atoms with van der Waals surface area (Å²) in [4.78, 5) is 29.3. The highest BCUT2D eigenvalue weighted by molar-refractivity contribution is 6.02. The van der Waals surface area contributed by atoms with Gasteiger partial charge in [0.05, 0.1) is 5.52 Å². The maximum atomic E-state index is 12.6. The van der Waals surface area contributed by atoms with Gasteiger partial charge in [-0.1, -0.05) is 32.3 Å². The summed E-state index contributed by atoms with van der Waals surface area (Å²) in [6.07, 6.45) is 8.04. The first-order valence-corrected chi connectivity index (χ1v) is 8.77. The maximum absolute atomic E-state index is 12.6. The topological polar surface area (TPSA) is 75.5 Å². The van der Waals surface area contributed by atoms with Crippen molar-refractivity contribution >= 4 is 17.3 Å². The van der Waals surface area contributed by atoms with Crippen molar-refractivity contribution in [3.05, 3.63) is 35.9 Å². The van der Waals surface area contributed by atoms with Crippen LogP contribution in [0.1, 0.15) is 66.6 Å². The molecule has 2 amide bonds. The van der Waals surface area contributed by atoms with E-state index in [4.69, 9.17) is 0 Å². The predicted molar refractivity (Wildman–Crippen MR) is 92.2 cm³/mol. The Morgan fingerprint density at radius 1 is 1.25 bits per heavy atom. The van der Waals surface area contributed by atoms with Gasteiger partial charge in [0, 0.05) is 18.8 Å². The van der Waals surface area contributed by atoms with Crippen LogP contribution in [0.15, 0.2) is 24.4 Å². The molecule has 0 aromatic carbocycles. The quantitative estimate of drug-likeness (QED) is 0.800. The summed E-state index contributed by atoms with van der Waals surface area (Å²) >= 11 is 0. The molecule has 1 aliphatic carbocycles. The number of aromatic nitrogens is 2. The minimum atomic E-state index is -0.230. The third-order valence-electron chi connectivity index (χ3n) is 4.47. The molecule has 2 N–H and O–H groups in total. The lowest BCUT2D eigenvalue weighted by molar-refractivity contribution is 0.0926. The van der Waals surface area contributed by atoms with Crippen LogP contribution in [0.5, 0.6) is 0 Å². The van der Waals surface area contributed by atoms with Gasteiger partial charge in [0.2, 0.25) is 5.82 Å². The Bertz CT molecular complexity index is 732. The lowest BCUT2D eigenvalue weighted by Crippen LogP contribution is -2.34. The summed E-state index contributed by atoms with van der Waals surface area (Å²) in [6.45, 7) is 2.69. The van der Waals surface area contributed by atoms with Crippen molar-refractivity contribution < 1.29 is 9.59 Å². The van der Waals surface area contributed by atoms with Gasteiger partial charge in [-0.25, -0.2) is 4.98 Å². The maximum Gasteiger partial charge on any atom is 0.287 e. The third kappa shape index (κ3) is 3.42. The van der Waals surface area contributed by atoms with E-state index in [1.807, 2.05) is 18.2 Å². The number of fused-ring (bicyclic) bond motifs is 1. The Labute approximate surface area is 141 Å². The summed E-state index contributed by atoms with van der Waals surface area (Å²) < 4.78 is 1.69. The average Bonchev–Trinajstić information content (AvgIpc) is 3.22. The normalized spacial score (nSPS) is 14.9. The van der Waals surface area contributed by atoms with Gasteiger partial charge in [0.1, 0.15) is 0 Å². The largest absolute Gasteiger partial charge is 0.351 e. The molecular weight excluding hydrogens is 304 g/mol. The van der Waals surface area contributed by atoms with Crippen LogP contribution in [0.2, 0.25) is 0 Å². The Morgan fingerprint density at radius 3 is 2.79 bits per heavy atom. The fourth-order valence-corrected chi connectivity index (χ4v) is 3.15. The molecule has 0 spiro atoms. The highest BCUT2D eigenvalue weighted by atomic mass is 16.2. The minimum Gasteiger partial charge on any atom is -0.351 e. The summed E-state index contributed by atoms with van der Waals surface area (Å²) in [5.41, 5.74) is 0.964. The molecular formula is C18H24N4O2. The molecule has 3 rings (SSSR count). The molecule has 6 heteroatoms. The van der Waals surface area contributed by atoms with Gasteiger partial charge in [-0.05, 0) is 31.4 Å². The second-order valence-corrected chi connectivity index (χ2v) is 6.30. The van der Waals surface area contributed by atoms with E-state index in [-0.39, 0.29) is 23.7 Å². The molecule has 0 bridgehead atoms. The van der Waals surface area contributed by atoms with Crippen molar-refractivity contribution in [3.8, 4) is 0 Å². The van der Waals surface area contributed by atoms with Crippen LogP contribution in [0, 0.1) is 0 Å². The van der Waals surface area contributed by atoms with Crippen LogP contribution in [-0.4, -0.2) is 33.8 Å². The van der Waals surface area contributed by atoms with Crippen molar-refractivity contribution in [3.63, 3.8) is 0 Å². The fourth-order valence-electron chi connectivity index (χ4n) is 3.15. The number of hydrogen-bond acceptors (Lipinski definition) is 3. The second kappa shape index (κ2) is 7.47. The van der Waals surface area contributed by atoms with E-state index in [1.54, 1.807) is 10.6 Å². The molecule has 1 fully saturated rings. The van der Waals surface area contributed by atoms with Crippen LogP contribution in [-0.2, 0) is 0 Å². The van der Waals surface area contributed by atoms with Crippen LogP contribution < -0.4 is 10.6 Å². The SMILES string of the molecule is CCCCNC(=O)c1nc(C(=O)NC2CCCC2)n2ccccc12. The van der Waals surface area contributed by atoms with E-state index >= 15 is 0 Å². The highest BCUT2D eigenvalue weighted by Gasteiger charge is 2.24. The molecule has 1 aliphatic rings. The molecule has 6 nitrogen and oxygen atoms in total. The number of pyridine rings is 1. The number of nitrogens with one attached hydrogen (secondary N) is 2. The van der Waals surface area contributed by atoms with E-state index in [0.29, 0.717) is 17.8 Å². The standard InChI is InChI=1S/C18H24N4O2/c1-2-3-11-19-17(23)15-14-10-6-7-12-22(14)16(21-15)18(24)20-13-8-4-5-9-13/h6-7,10,12-13H,2-5,8-9,11H2,1H3,(H,19,23)(H,20,24). The Morgan fingerprint density at radius 2 is 2.04 bits per heavy atom. The molecule has 24 heavy (non-hydrogen) atoms. The second-order valence-electron chi connectivity index (χ2n) is 6.30. The van der Waals surface area contributed by atoms with Crippen molar-refractivity contribution in [1.82, 2.24) is 20.0 Å². The van der Waals surface area contributed by atoms with Crippen molar-refractivity contribution in [2.24, 2.45) is 0 Å². The number of amides is 2. The first-order chi connectivity index (χ1) is 11.7. The molecule has 128 valence electrons. The van der Waals surface area contributed by atoms with Crippen LogP contribution in [0.4, 0.5) is 0 Å². The fraction of sp³-hybridized carbons (Fsp3) is 0.500. The van der Waals surface area contributed by atoms with Crippen LogP contribution in [0.3, 0.4) is 0 Å². The highest BCUT2D eigenvalue weighted by Crippen LogP contribution is 2.19. The Hall–Kier alpha value is -2.37. The van der Waals surface area contributed by atoms with Gasteiger partial charge in [-0.2, -0.15) is 0 Å². The van der Waals surface area contributed by atoms with Crippen molar-refractivity contribution in [2.75, 3.05) is 6.54 Å². The first kappa shape index (κ1) is 16.5. The van der Waals surface area contributed by atoms with Gasteiger partial charge in [-0.15, -0.1) is 0 Å². The number of carbonyl (C=O) groups excluding carboxylic acids is 2. The zero-order chi connectivity index (χ0) is 16.9. The summed E-state index contributed by atoms with van der Waals surface area (Å²) in [6, 6.07) is 5.71. The number of nitrogens with zero attached hydrogens (tertiary/aromatic N) is 2. The Kier molecular flexibility index (Phi) is 5.13. The van der Waals surface area contributed by atoms with Crippen LogP contribution >= 0.6 is 0 Å². The lowest BCUT2D eigenvalue weighted by Gasteiger charge is -2.10. The molecule has 1 saturated carbocycles. The van der Waals surface area contributed by atoms with Crippen molar-refractivity contribution in [2.45, 2.75) is 51.5 Å². The van der Waals surface area contributed by atoms with E-state index < -0.39 is 0 Å². The first-order valence-electron chi connectivity index (χ1n) is 8.77. The van der Waals surface area contributed by atoms with E-state index in [0.717, 1.165) is 38.5 Å². The van der Waals surface area contributed by atoms with Gasteiger partial charge in [0.15, 0.2) is 5.69 Å². The molecule has 0 atom stereocenters. The van der Waals surface area contributed by atoms with Gasteiger partial charge in [0.25, 0.3) is 11.8 Å². The number of rotatable bonds is 6. The molecule has 2 aromatic heterocycles. The zero-order valence-electron chi connectivity index (χ0n) is 14.0. The van der Waals surface area contributed by atoms with E-state index in [9.17, 15) is 9.59 Å². The monoisotopic (exact) mass is 328 g/mol.